The number of hydrogen-bond donors (Lipinski definition) is 1. The topological polar surface area (TPSA) is 37.3 Å². The summed E-state index contributed by atoms with van der Waals surface area (Å²) in [6.45, 7) is 6.62. The maximum atomic E-state index is 11.1. The minimum atomic E-state index is -0.573. The molecule has 12 heavy (non-hydrogen) atoms. The van der Waals surface area contributed by atoms with E-state index < -0.39 is 5.78 Å². The molecule has 0 saturated heterocycles. The summed E-state index contributed by atoms with van der Waals surface area (Å²) < 4.78 is 0. The molecule has 0 aliphatic carbocycles. The Hall–Kier alpha value is -1.02. The summed E-state index contributed by atoms with van der Waals surface area (Å²) in [4.78, 5) is 11.1. The quantitative estimate of drug-likeness (QED) is 0.418. The van der Waals surface area contributed by atoms with Crippen molar-refractivity contribution < 1.29 is 9.90 Å². The van der Waals surface area contributed by atoms with Crippen LogP contribution in [-0.4, -0.2) is 10.9 Å². The summed E-state index contributed by atoms with van der Waals surface area (Å²) in [6, 6.07) is 0. The van der Waals surface area contributed by atoms with E-state index in [9.17, 15) is 9.90 Å². The number of allylic oxidation sites excluding steroid dienone is 4. The van der Waals surface area contributed by atoms with Crippen LogP contribution in [0.5, 0.6) is 0 Å². The molecule has 3 heteroatoms. The molecule has 0 fully saturated rings. The molecule has 0 heterocycles. The van der Waals surface area contributed by atoms with Gasteiger partial charge in [0.2, 0.25) is 5.78 Å². The van der Waals surface area contributed by atoms with Crippen LogP contribution in [0, 0.1) is 0 Å². The first-order valence-electron chi connectivity index (χ1n) is 3.43. The van der Waals surface area contributed by atoms with E-state index in [0.29, 0.717) is 5.57 Å². The normalized spacial score (nSPS) is 13.8. The van der Waals surface area contributed by atoms with Crippen molar-refractivity contribution in [3.63, 3.8) is 0 Å². The average Bonchev–Trinajstić information content (AvgIpc) is 2.12. The summed E-state index contributed by atoms with van der Waals surface area (Å²) in [5, 5.41) is 9.23. The van der Waals surface area contributed by atoms with Gasteiger partial charge in [-0.3, -0.25) is 4.79 Å². The molecule has 0 bridgehead atoms. The second-order valence-corrected chi connectivity index (χ2v) is 2.61. The zero-order valence-electron chi connectivity index (χ0n) is 7.10. The van der Waals surface area contributed by atoms with E-state index in [1.807, 2.05) is 0 Å². The van der Waals surface area contributed by atoms with Crippen molar-refractivity contribution in [2.75, 3.05) is 0 Å². The predicted octanol–water partition coefficient (Wildman–Crippen LogP) is 2.72. The second kappa shape index (κ2) is 4.78. The van der Waals surface area contributed by atoms with Gasteiger partial charge in [0, 0.05) is 0 Å². The lowest BCUT2D eigenvalue weighted by Gasteiger charge is -1.99. The van der Waals surface area contributed by atoms with Crippen LogP contribution in [0.25, 0.3) is 0 Å². The first-order valence-corrected chi connectivity index (χ1v) is 3.81. The van der Waals surface area contributed by atoms with Crippen LogP contribution in [0.2, 0.25) is 0 Å². The molecule has 0 aromatic rings. The Morgan fingerprint density at radius 2 is 2.08 bits per heavy atom. The molecule has 2 nitrogen and oxygen atoms in total. The van der Waals surface area contributed by atoms with E-state index in [2.05, 4.69) is 6.58 Å². The summed E-state index contributed by atoms with van der Waals surface area (Å²) in [5.41, 5.74) is 0.417. The van der Waals surface area contributed by atoms with Crippen molar-refractivity contribution in [2.24, 2.45) is 0 Å². The molecule has 0 radical (unpaired) electrons. The Labute approximate surface area is 76.8 Å². The van der Waals surface area contributed by atoms with Crippen molar-refractivity contribution in [3.8, 4) is 0 Å². The second-order valence-electron chi connectivity index (χ2n) is 2.20. The zero-order chi connectivity index (χ0) is 9.72. The van der Waals surface area contributed by atoms with Crippen LogP contribution in [0.3, 0.4) is 0 Å². The van der Waals surface area contributed by atoms with Gasteiger partial charge in [0.05, 0.1) is 5.03 Å². The monoisotopic (exact) mass is 186 g/mol. The molecular formula is C9H11ClO2. The maximum absolute atomic E-state index is 11.1. The Morgan fingerprint density at radius 3 is 2.42 bits per heavy atom. The Bertz CT molecular complexity index is 262. The molecule has 1 N–H and O–H groups in total. The fourth-order valence-corrected chi connectivity index (χ4v) is 0.609. The van der Waals surface area contributed by atoms with Crippen LogP contribution >= 0.6 is 11.6 Å². The molecule has 0 aromatic heterocycles. The number of carbonyl (C=O) groups excluding carboxylic acids is 1. The van der Waals surface area contributed by atoms with E-state index >= 15 is 0 Å². The molecule has 0 aliphatic rings. The average molecular weight is 187 g/mol. The number of aliphatic hydroxyl groups is 1. The molecular weight excluding hydrogens is 176 g/mol. The maximum Gasteiger partial charge on any atom is 0.238 e. The molecule has 0 spiro atoms. The predicted molar refractivity (Wildman–Crippen MR) is 50.1 cm³/mol. The third-order valence-corrected chi connectivity index (χ3v) is 1.76. The van der Waals surface area contributed by atoms with Crippen molar-refractivity contribution in [1.29, 1.82) is 0 Å². The highest BCUT2D eigenvalue weighted by Gasteiger charge is 2.12. The van der Waals surface area contributed by atoms with E-state index in [0.717, 1.165) is 0 Å². The van der Waals surface area contributed by atoms with Gasteiger partial charge in [-0.05, 0) is 19.4 Å². The van der Waals surface area contributed by atoms with Crippen molar-refractivity contribution >= 4 is 17.4 Å². The van der Waals surface area contributed by atoms with Crippen molar-refractivity contribution in [2.45, 2.75) is 13.8 Å². The lowest BCUT2D eigenvalue weighted by molar-refractivity contribution is -0.114. The van der Waals surface area contributed by atoms with Gasteiger partial charge in [0.15, 0.2) is 5.76 Å². The largest absolute Gasteiger partial charge is 0.504 e. The van der Waals surface area contributed by atoms with E-state index in [1.54, 1.807) is 13.8 Å². The number of halogens is 1. The van der Waals surface area contributed by atoms with Gasteiger partial charge >= 0.3 is 0 Å². The van der Waals surface area contributed by atoms with Gasteiger partial charge in [-0.15, -0.1) is 0 Å². The van der Waals surface area contributed by atoms with Crippen LogP contribution < -0.4 is 0 Å². The van der Waals surface area contributed by atoms with Gasteiger partial charge in [-0.1, -0.05) is 30.3 Å². The van der Waals surface area contributed by atoms with Crippen molar-refractivity contribution in [1.82, 2.24) is 0 Å². The van der Waals surface area contributed by atoms with E-state index in [-0.39, 0.29) is 10.8 Å². The number of ketones is 1. The van der Waals surface area contributed by atoms with Crippen LogP contribution in [0.4, 0.5) is 0 Å². The number of carbonyl (C=O) groups is 1. The summed E-state index contributed by atoms with van der Waals surface area (Å²) in [5.74, 6) is -0.926. The third-order valence-electron chi connectivity index (χ3n) is 1.37. The van der Waals surface area contributed by atoms with Gasteiger partial charge in [-0.2, -0.15) is 0 Å². The van der Waals surface area contributed by atoms with Gasteiger partial charge in [-0.25, -0.2) is 0 Å². The van der Waals surface area contributed by atoms with E-state index in [4.69, 9.17) is 11.6 Å². The zero-order valence-corrected chi connectivity index (χ0v) is 7.85. The minimum absolute atomic E-state index is 0.00806. The lowest BCUT2D eigenvalue weighted by Crippen LogP contribution is -2.03. The highest BCUT2D eigenvalue weighted by Crippen LogP contribution is 2.11. The SMILES string of the molecule is C=C/C(C)=C(/O)C(=O)/C(Cl)=C\C. The fourth-order valence-electron chi connectivity index (χ4n) is 0.520. The molecule has 0 saturated carbocycles. The molecule has 0 unspecified atom stereocenters. The molecule has 0 amide bonds. The summed E-state index contributed by atoms with van der Waals surface area (Å²) >= 11 is 5.49. The fraction of sp³-hybridized carbons (Fsp3) is 0.222. The molecule has 0 atom stereocenters. The highest BCUT2D eigenvalue weighted by atomic mass is 35.5. The lowest BCUT2D eigenvalue weighted by atomic mass is 10.2. The summed E-state index contributed by atoms with van der Waals surface area (Å²) in [6.07, 6.45) is 2.82. The molecule has 66 valence electrons. The highest BCUT2D eigenvalue weighted by molar-refractivity contribution is 6.44. The Morgan fingerprint density at radius 1 is 1.58 bits per heavy atom. The van der Waals surface area contributed by atoms with Gasteiger partial charge < -0.3 is 5.11 Å². The van der Waals surface area contributed by atoms with Crippen LogP contribution in [0.1, 0.15) is 13.8 Å². The molecule has 0 aliphatic heterocycles. The van der Waals surface area contributed by atoms with Gasteiger partial charge in [0.25, 0.3) is 0 Å². The van der Waals surface area contributed by atoms with Crippen LogP contribution in [0.15, 0.2) is 35.1 Å². The standard InChI is InChI=1S/C9H11ClO2/c1-4-6(3)8(11)9(12)7(10)5-2/h4-5,11H,1H2,2-3H3/b7-5+,8-6+. The Balaban J connectivity index is 4.85. The number of hydrogen-bond acceptors (Lipinski definition) is 2. The number of rotatable bonds is 3. The molecule has 0 rings (SSSR count). The van der Waals surface area contributed by atoms with E-state index in [1.165, 1.54) is 12.2 Å². The third kappa shape index (κ3) is 2.55. The number of Topliss-reactive ketones (excluding diaryl/α,β-unsaturated/α-hetero) is 1. The first kappa shape index (κ1) is 11.0. The number of aliphatic hydroxyl groups excluding tert-OH is 1. The smallest absolute Gasteiger partial charge is 0.238 e. The first-order chi connectivity index (χ1) is 5.54. The Kier molecular flexibility index (Phi) is 4.37. The molecule has 0 aromatic carbocycles. The van der Waals surface area contributed by atoms with Gasteiger partial charge in [0.1, 0.15) is 0 Å². The van der Waals surface area contributed by atoms with Crippen LogP contribution in [-0.2, 0) is 4.79 Å². The summed E-state index contributed by atoms with van der Waals surface area (Å²) in [7, 11) is 0. The minimum Gasteiger partial charge on any atom is -0.504 e. The van der Waals surface area contributed by atoms with Crippen molar-refractivity contribution in [3.05, 3.63) is 35.1 Å².